The summed E-state index contributed by atoms with van der Waals surface area (Å²) in [5, 5.41) is 3.39. The lowest BCUT2D eigenvalue weighted by molar-refractivity contribution is -0.112. The fourth-order valence-electron chi connectivity index (χ4n) is 2.46. The van der Waals surface area contributed by atoms with Gasteiger partial charge in [0.2, 0.25) is 0 Å². The maximum Gasteiger partial charge on any atom is 0.123 e. The van der Waals surface area contributed by atoms with Crippen LogP contribution >= 0.6 is 0 Å². The van der Waals surface area contributed by atoms with Gasteiger partial charge in [-0.3, -0.25) is 0 Å². The Morgan fingerprint density at radius 1 is 1.18 bits per heavy atom. The van der Waals surface area contributed by atoms with Gasteiger partial charge in [0.15, 0.2) is 0 Å². The molecule has 0 bridgehead atoms. The Kier molecular flexibility index (Phi) is 1.95. The van der Waals surface area contributed by atoms with Gasteiger partial charge in [0.1, 0.15) is 6.29 Å². The highest BCUT2D eigenvalue weighted by atomic mass is 16.1. The van der Waals surface area contributed by atoms with Crippen LogP contribution in [0.15, 0.2) is 0 Å². The van der Waals surface area contributed by atoms with E-state index >= 15 is 0 Å². The van der Waals surface area contributed by atoms with Crippen LogP contribution in [0.5, 0.6) is 0 Å². The zero-order valence-electron chi connectivity index (χ0n) is 6.75. The van der Waals surface area contributed by atoms with Crippen LogP contribution in [0.2, 0.25) is 0 Å². The highest BCUT2D eigenvalue weighted by Crippen LogP contribution is 2.34. The van der Waals surface area contributed by atoms with Crippen molar-refractivity contribution in [3.05, 3.63) is 0 Å². The third-order valence-corrected chi connectivity index (χ3v) is 3.19. The SMILES string of the molecule is O=CC1CCC2CNCC2C1. The lowest BCUT2D eigenvalue weighted by Gasteiger charge is -2.27. The maximum atomic E-state index is 10.5. The summed E-state index contributed by atoms with van der Waals surface area (Å²) < 4.78 is 0. The van der Waals surface area contributed by atoms with Crippen LogP contribution in [0.4, 0.5) is 0 Å². The van der Waals surface area contributed by atoms with Crippen molar-refractivity contribution >= 4 is 6.29 Å². The topological polar surface area (TPSA) is 29.1 Å². The van der Waals surface area contributed by atoms with Crippen LogP contribution in [-0.2, 0) is 4.79 Å². The predicted octanol–water partition coefficient (Wildman–Crippen LogP) is 0.821. The van der Waals surface area contributed by atoms with Gasteiger partial charge < -0.3 is 10.1 Å². The first-order valence-electron chi connectivity index (χ1n) is 4.56. The van der Waals surface area contributed by atoms with Crippen molar-refractivity contribution in [3.63, 3.8) is 0 Å². The third kappa shape index (κ3) is 1.32. The van der Waals surface area contributed by atoms with E-state index in [-0.39, 0.29) is 0 Å². The molecule has 11 heavy (non-hydrogen) atoms. The Labute approximate surface area is 67.4 Å². The zero-order valence-corrected chi connectivity index (χ0v) is 6.75. The molecule has 1 heterocycles. The van der Waals surface area contributed by atoms with E-state index in [2.05, 4.69) is 5.32 Å². The average Bonchev–Trinajstić information content (AvgIpc) is 2.50. The number of aldehydes is 1. The number of hydrogen-bond donors (Lipinski definition) is 1. The molecule has 0 aromatic rings. The summed E-state index contributed by atoms with van der Waals surface area (Å²) in [4.78, 5) is 10.5. The molecule has 1 N–H and O–H groups in total. The molecule has 3 unspecified atom stereocenters. The van der Waals surface area contributed by atoms with Crippen molar-refractivity contribution in [3.8, 4) is 0 Å². The molecule has 2 heteroatoms. The molecular formula is C9H15NO. The summed E-state index contributed by atoms with van der Waals surface area (Å²) in [5.74, 6) is 2.06. The predicted molar refractivity (Wildman–Crippen MR) is 43.3 cm³/mol. The molecule has 1 aliphatic heterocycles. The monoisotopic (exact) mass is 153 g/mol. The zero-order chi connectivity index (χ0) is 7.68. The molecule has 0 radical (unpaired) electrons. The molecular weight excluding hydrogens is 138 g/mol. The van der Waals surface area contributed by atoms with Gasteiger partial charge in [-0.15, -0.1) is 0 Å². The van der Waals surface area contributed by atoms with Gasteiger partial charge in [-0.05, 0) is 44.2 Å². The third-order valence-electron chi connectivity index (χ3n) is 3.19. The van der Waals surface area contributed by atoms with Gasteiger partial charge in [-0.2, -0.15) is 0 Å². The Morgan fingerprint density at radius 3 is 2.82 bits per heavy atom. The van der Waals surface area contributed by atoms with Crippen LogP contribution < -0.4 is 5.32 Å². The largest absolute Gasteiger partial charge is 0.316 e. The van der Waals surface area contributed by atoms with Gasteiger partial charge in [-0.25, -0.2) is 0 Å². The van der Waals surface area contributed by atoms with Crippen LogP contribution in [0.25, 0.3) is 0 Å². The summed E-state index contributed by atoms with van der Waals surface area (Å²) >= 11 is 0. The lowest BCUT2D eigenvalue weighted by Crippen LogP contribution is -2.24. The van der Waals surface area contributed by atoms with Crippen molar-refractivity contribution in [2.75, 3.05) is 13.1 Å². The number of fused-ring (bicyclic) bond motifs is 1. The van der Waals surface area contributed by atoms with E-state index in [4.69, 9.17) is 0 Å². The summed E-state index contributed by atoms with van der Waals surface area (Å²) in [6, 6.07) is 0. The number of rotatable bonds is 1. The summed E-state index contributed by atoms with van der Waals surface area (Å²) in [5.41, 5.74) is 0. The van der Waals surface area contributed by atoms with Crippen LogP contribution in [-0.4, -0.2) is 19.4 Å². The Hall–Kier alpha value is -0.370. The van der Waals surface area contributed by atoms with Gasteiger partial charge in [0.25, 0.3) is 0 Å². The molecule has 1 aliphatic carbocycles. The maximum absolute atomic E-state index is 10.5. The van der Waals surface area contributed by atoms with E-state index in [1.54, 1.807) is 0 Å². The highest BCUT2D eigenvalue weighted by molar-refractivity contribution is 5.53. The lowest BCUT2D eigenvalue weighted by atomic mass is 9.76. The summed E-state index contributed by atoms with van der Waals surface area (Å²) in [6.45, 7) is 2.34. The number of nitrogens with one attached hydrogen (secondary N) is 1. The van der Waals surface area contributed by atoms with Crippen molar-refractivity contribution in [1.29, 1.82) is 0 Å². The molecule has 2 aliphatic rings. The van der Waals surface area contributed by atoms with E-state index in [1.165, 1.54) is 13.0 Å². The van der Waals surface area contributed by atoms with Crippen LogP contribution in [0.1, 0.15) is 19.3 Å². The molecule has 2 fully saturated rings. The van der Waals surface area contributed by atoms with Crippen molar-refractivity contribution in [2.24, 2.45) is 17.8 Å². The number of hydrogen-bond acceptors (Lipinski definition) is 2. The highest BCUT2D eigenvalue weighted by Gasteiger charge is 2.33. The van der Waals surface area contributed by atoms with Crippen LogP contribution in [0.3, 0.4) is 0 Å². The average molecular weight is 153 g/mol. The minimum absolute atomic E-state index is 0.371. The molecule has 0 aromatic carbocycles. The Morgan fingerprint density at radius 2 is 2.00 bits per heavy atom. The fraction of sp³-hybridized carbons (Fsp3) is 0.889. The minimum atomic E-state index is 0.371. The quantitative estimate of drug-likeness (QED) is 0.565. The molecule has 1 saturated carbocycles. The number of carbonyl (C=O) groups is 1. The first-order chi connectivity index (χ1) is 5.40. The van der Waals surface area contributed by atoms with Crippen molar-refractivity contribution in [1.82, 2.24) is 5.32 Å². The van der Waals surface area contributed by atoms with Gasteiger partial charge in [0, 0.05) is 5.92 Å². The molecule has 2 rings (SSSR count). The standard InChI is InChI=1S/C9H15NO/c11-6-7-1-2-8-4-10-5-9(8)3-7/h6-10H,1-5H2. The smallest absolute Gasteiger partial charge is 0.123 e. The fourth-order valence-corrected chi connectivity index (χ4v) is 2.46. The van der Waals surface area contributed by atoms with Crippen LogP contribution in [0, 0.1) is 17.8 Å². The van der Waals surface area contributed by atoms with E-state index in [0.717, 1.165) is 37.5 Å². The normalized spacial score (nSPS) is 43.5. The Balaban J connectivity index is 1.96. The summed E-state index contributed by atoms with van der Waals surface area (Å²) in [6.07, 6.45) is 4.68. The summed E-state index contributed by atoms with van der Waals surface area (Å²) in [7, 11) is 0. The minimum Gasteiger partial charge on any atom is -0.316 e. The van der Waals surface area contributed by atoms with E-state index in [1.807, 2.05) is 0 Å². The van der Waals surface area contributed by atoms with Gasteiger partial charge >= 0.3 is 0 Å². The molecule has 2 nitrogen and oxygen atoms in total. The Bertz CT molecular complexity index is 158. The van der Waals surface area contributed by atoms with E-state index in [9.17, 15) is 4.79 Å². The first-order valence-corrected chi connectivity index (χ1v) is 4.56. The van der Waals surface area contributed by atoms with Crippen molar-refractivity contribution in [2.45, 2.75) is 19.3 Å². The second-order valence-electron chi connectivity index (χ2n) is 3.89. The van der Waals surface area contributed by atoms with Gasteiger partial charge in [-0.1, -0.05) is 0 Å². The molecule has 0 aromatic heterocycles. The second-order valence-corrected chi connectivity index (χ2v) is 3.89. The van der Waals surface area contributed by atoms with E-state index in [0.29, 0.717) is 5.92 Å². The van der Waals surface area contributed by atoms with Gasteiger partial charge in [0.05, 0.1) is 0 Å². The van der Waals surface area contributed by atoms with Crippen molar-refractivity contribution < 1.29 is 4.79 Å². The second kappa shape index (κ2) is 2.94. The molecule has 3 atom stereocenters. The molecule has 62 valence electrons. The number of carbonyl (C=O) groups excluding carboxylic acids is 1. The molecule has 0 amide bonds. The molecule has 0 spiro atoms. The van der Waals surface area contributed by atoms with E-state index < -0.39 is 0 Å². The first kappa shape index (κ1) is 7.29. The molecule has 1 saturated heterocycles.